The summed E-state index contributed by atoms with van der Waals surface area (Å²) in [6.07, 6.45) is 0. The van der Waals surface area contributed by atoms with Gasteiger partial charge in [0, 0.05) is 18.7 Å². The number of nitrogens with zero attached hydrogens (tertiary/aromatic N) is 2. The van der Waals surface area contributed by atoms with E-state index >= 15 is 0 Å². The Bertz CT molecular complexity index is 1080. The first-order chi connectivity index (χ1) is 15.9. The van der Waals surface area contributed by atoms with Crippen LogP contribution in [0.25, 0.3) is 5.76 Å². The van der Waals surface area contributed by atoms with E-state index in [2.05, 4.69) is 0 Å². The summed E-state index contributed by atoms with van der Waals surface area (Å²) in [7, 11) is 3.80. The molecule has 0 spiro atoms. The minimum absolute atomic E-state index is 0.0552. The Morgan fingerprint density at radius 3 is 2.45 bits per heavy atom. The first-order valence-electron chi connectivity index (χ1n) is 11.0. The third-order valence-corrected chi connectivity index (χ3v) is 5.65. The van der Waals surface area contributed by atoms with E-state index in [1.165, 1.54) is 4.90 Å². The number of likely N-dealkylation sites (tertiary alicyclic amines) is 1. The second-order valence-corrected chi connectivity index (χ2v) is 8.16. The van der Waals surface area contributed by atoms with E-state index in [0.29, 0.717) is 55.7 Å². The van der Waals surface area contributed by atoms with Gasteiger partial charge in [0.2, 0.25) is 0 Å². The predicted octanol–water partition coefficient (Wildman–Crippen LogP) is 2.84. The maximum absolute atomic E-state index is 13.1. The lowest BCUT2D eigenvalue weighted by atomic mass is 9.95. The van der Waals surface area contributed by atoms with Crippen molar-refractivity contribution in [2.24, 2.45) is 0 Å². The van der Waals surface area contributed by atoms with Gasteiger partial charge in [-0.2, -0.15) is 0 Å². The van der Waals surface area contributed by atoms with Gasteiger partial charge in [-0.1, -0.05) is 12.1 Å². The molecule has 0 unspecified atom stereocenters. The van der Waals surface area contributed by atoms with Crippen LogP contribution >= 0.6 is 0 Å². The number of carbonyl (C=O) groups excluding carboxylic acids is 2. The molecule has 2 aliphatic rings. The van der Waals surface area contributed by atoms with E-state index in [0.717, 1.165) is 5.56 Å². The van der Waals surface area contributed by atoms with Crippen molar-refractivity contribution in [3.63, 3.8) is 0 Å². The van der Waals surface area contributed by atoms with Gasteiger partial charge >= 0.3 is 0 Å². The molecule has 8 heteroatoms. The van der Waals surface area contributed by atoms with E-state index in [4.69, 9.17) is 14.2 Å². The average molecular weight is 453 g/mol. The van der Waals surface area contributed by atoms with Crippen LogP contribution in [0.15, 0.2) is 48.0 Å². The van der Waals surface area contributed by atoms with Gasteiger partial charge < -0.3 is 29.1 Å². The first kappa shape index (κ1) is 22.7. The number of ether oxygens (including phenoxy) is 3. The molecule has 1 amide bonds. The molecule has 8 nitrogen and oxygen atoms in total. The van der Waals surface area contributed by atoms with Crippen LogP contribution in [0.2, 0.25) is 0 Å². The normalized spacial score (nSPS) is 19.3. The number of Topliss-reactive ketones (excluding diaryl/α,β-unsaturated/α-hetero) is 1. The smallest absolute Gasteiger partial charge is 0.295 e. The molecule has 1 N–H and O–H groups in total. The molecule has 0 saturated carbocycles. The number of amides is 1. The molecule has 1 saturated heterocycles. The second kappa shape index (κ2) is 9.54. The maximum atomic E-state index is 13.1. The maximum Gasteiger partial charge on any atom is 0.295 e. The van der Waals surface area contributed by atoms with Crippen molar-refractivity contribution in [3.05, 3.63) is 59.2 Å². The van der Waals surface area contributed by atoms with Crippen LogP contribution in [-0.2, 0) is 9.59 Å². The Morgan fingerprint density at radius 1 is 1.09 bits per heavy atom. The van der Waals surface area contributed by atoms with Crippen LogP contribution < -0.4 is 14.2 Å². The van der Waals surface area contributed by atoms with Crippen molar-refractivity contribution in [2.45, 2.75) is 13.0 Å². The lowest BCUT2D eigenvalue weighted by Gasteiger charge is -2.26. The van der Waals surface area contributed by atoms with Gasteiger partial charge in [0.25, 0.3) is 11.7 Å². The third kappa shape index (κ3) is 4.52. The number of aliphatic hydroxyl groups excluding tert-OH is 1. The number of likely N-dealkylation sites (N-methyl/N-ethyl adjacent to an activating group) is 1. The highest BCUT2D eigenvalue weighted by Gasteiger charge is 2.46. The van der Waals surface area contributed by atoms with E-state index in [1.54, 1.807) is 30.3 Å². The van der Waals surface area contributed by atoms with Crippen molar-refractivity contribution in [3.8, 4) is 17.2 Å². The monoisotopic (exact) mass is 452 g/mol. The summed E-state index contributed by atoms with van der Waals surface area (Å²) in [4.78, 5) is 29.6. The Labute approximate surface area is 193 Å². The van der Waals surface area contributed by atoms with Crippen molar-refractivity contribution in [1.82, 2.24) is 9.80 Å². The fraction of sp³-hybridized carbons (Fsp3) is 0.360. The summed E-state index contributed by atoms with van der Waals surface area (Å²) < 4.78 is 16.7. The number of ketones is 1. The standard InChI is InChI=1S/C25H28N2O6/c1-4-31-18-8-5-16(6-9-18)22-21(24(29)25(30)27(22)12-11-26(2)3)23(28)17-7-10-19-20(15-17)33-14-13-32-19/h5-10,15,22,28H,4,11-14H2,1-3H3/b23-21+/t22-/m0/s1. The molecule has 1 atom stereocenters. The zero-order valence-corrected chi connectivity index (χ0v) is 19.0. The van der Waals surface area contributed by atoms with E-state index in [-0.39, 0.29) is 11.3 Å². The summed E-state index contributed by atoms with van der Waals surface area (Å²) in [5.41, 5.74) is 1.16. The van der Waals surface area contributed by atoms with E-state index < -0.39 is 17.7 Å². The van der Waals surface area contributed by atoms with Gasteiger partial charge in [0.1, 0.15) is 24.7 Å². The summed E-state index contributed by atoms with van der Waals surface area (Å²) >= 11 is 0. The van der Waals surface area contributed by atoms with Gasteiger partial charge in [-0.15, -0.1) is 0 Å². The van der Waals surface area contributed by atoms with Crippen LogP contribution in [0.1, 0.15) is 24.1 Å². The molecule has 2 heterocycles. The SMILES string of the molecule is CCOc1ccc([C@H]2/C(=C(\O)c3ccc4c(c3)OCCO4)C(=O)C(=O)N2CCN(C)C)cc1. The Kier molecular flexibility index (Phi) is 6.55. The minimum Gasteiger partial charge on any atom is -0.507 e. The molecular formula is C25H28N2O6. The third-order valence-electron chi connectivity index (χ3n) is 5.65. The average Bonchev–Trinajstić information content (AvgIpc) is 3.07. The van der Waals surface area contributed by atoms with Gasteiger partial charge in [0.15, 0.2) is 11.5 Å². The minimum atomic E-state index is -0.714. The molecule has 0 radical (unpaired) electrons. The van der Waals surface area contributed by atoms with E-state index in [1.807, 2.05) is 38.1 Å². The highest BCUT2D eigenvalue weighted by molar-refractivity contribution is 6.46. The molecular weight excluding hydrogens is 424 g/mol. The number of rotatable bonds is 7. The number of aliphatic hydroxyl groups is 1. The molecule has 4 rings (SSSR count). The molecule has 2 aromatic rings. The second-order valence-electron chi connectivity index (χ2n) is 8.16. The van der Waals surface area contributed by atoms with Crippen molar-refractivity contribution < 1.29 is 28.9 Å². The molecule has 0 aromatic heterocycles. The molecule has 1 fully saturated rings. The lowest BCUT2D eigenvalue weighted by molar-refractivity contribution is -0.140. The van der Waals surface area contributed by atoms with Crippen molar-refractivity contribution in [2.75, 3.05) is 47.0 Å². The fourth-order valence-electron chi connectivity index (χ4n) is 4.02. The summed E-state index contributed by atoms with van der Waals surface area (Å²) in [5.74, 6) is 0.182. The topological polar surface area (TPSA) is 88.5 Å². The Morgan fingerprint density at radius 2 is 1.79 bits per heavy atom. The van der Waals surface area contributed by atoms with Gasteiger partial charge in [-0.05, 0) is 56.9 Å². The molecule has 0 bridgehead atoms. The van der Waals surface area contributed by atoms with Crippen LogP contribution in [0.4, 0.5) is 0 Å². The van der Waals surface area contributed by atoms with Gasteiger partial charge in [-0.3, -0.25) is 9.59 Å². The molecule has 33 heavy (non-hydrogen) atoms. The van der Waals surface area contributed by atoms with Crippen molar-refractivity contribution >= 4 is 17.4 Å². The number of hydrogen-bond acceptors (Lipinski definition) is 7. The molecule has 2 aliphatic heterocycles. The van der Waals surface area contributed by atoms with Crippen LogP contribution in [0, 0.1) is 0 Å². The van der Waals surface area contributed by atoms with Crippen LogP contribution in [0.3, 0.4) is 0 Å². The summed E-state index contributed by atoms with van der Waals surface area (Å²) in [6.45, 7) is 4.20. The highest BCUT2D eigenvalue weighted by atomic mass is 16.6. The largest absolute Gasteiger partial charge is 0.507 e. The fourth-order valence-corrected chi connectivity index (χ4v) is 4.02. The zero-order valence-electron chi connectivity index (χ0n) is 19.0. The molecule has 0 aliphatic carbocycles. The highest BCUT2D eigenvalue weighted by Crippen LogP contribution is 2.41. The quantitative estimate of drug-likeness (QED) is 0.393. The number of carbonyl (C=O) groups is 2. The zero-order chi connectivity index (χ0) is 23.5. The van der Waals surface area contributed by atoms with Crippen LogP contribution in [-0.4, -0.2) is 73.6 Å². The molecule has 2 aromatic carbocycles. The summed E-state index contributed by atoms with van der Waals surface area (Å²) in [5, 5.41) is 11.2. The number of fused-ring (bicyclic) bond motifs is 1. The van der Waals surface area contributed by atoms with Crippen molar-refractivity contribution in [1.29, 1.82) is 0 Å². The summed E-state index contributed by atoms with van der Waals surface area (Å²) in [6, 6.07) is 11.5. The number of hydrogen-bond donors (Lipinski definition) is 1. The van der Waals surface area contributed by atoms with E-state index in [9.17, 15) is 14.7 Å². The lowest BCUT2D eigenvalue weighted by Crippen LogP contribution is -2.35. The van der Waals surface area contributed by atoms with Gasteiger partial charge in [0.05, 0.1) is 18.2 Å². The van der Waals surface area contributed by atoms with Crippen LogP contribution in [0.5, 0.6) is 17.2 Å². The predicted molar refractivity (Wildman–Crippen MR) is 123 cm³/mol. The van der Waals surface area contributed by atoms with Gasteiger partial charge in [-0.25, -0.2) is 0 Å². The molecule has 174 valence electrons. The Balaban J connectivity index is 1.79. The Hall–Kier alpha value is -3.52. The number of benzene rings is 2. The first-order valence-corrected chi connectivity index (χ1v) is 11.0.